The number of hydrogen-bond acceptors (Lipinski definition) is 4. The van der Waals surface area contributed by atoms with E-state index in [1.54, 1.807) is 62.5 Å². The normalized spacial score (nSPS) is 13.2. The molecule has 0 spiro atoms. The first kappa shape index (κ1) is 28.4. The summed E-state index contributed by atoms with van der Waals surface area (Å²) in [4.78, 5) is 11.5. The number of carbonyl (C=O) groups is 1. The number of anilines is 1. The van der Waals surface area contributed by atoms with Gasteiger partial charge in [-0.2, -0.15) is 13.2 Å². The average Bonchev–Trinajstić information content (AvgIpc) is 3.23. The van der Waals surface area contributed by atoms with Crippen molar-refractivity contribution in [3.8, 4) is 0 Å². The van der Waals surface area contributed by atoms with Gasteiger partial charge in [-0.25, -0.2) is 12.4 Å². The molecule has 0 saturated carbocycles. The molecule has 39 heavy (non-hydrogen) atoms. The number of hydrogen-bond donors (Lipinski definition) is 2. The minimum Gasteiger partial charge on any atom is -0.384 e. The Bertz CT molecular complexity index is 1650. The molecule has 1 amide bonds. The van der Waals surface area contributed by atoms with Crippen LogP contribution in [0.25, 0.3) is 10.9 Å². The van der Waals surface area contributed by atoms with Crippen molar-refractivity contribution in [2.24, 2.45) is 0 Å². The van der Waals surface area contributed by atoms with Gasteiger partial charge < -0.3 is 10.4 Å². The van der Waals surface area contributed by atoms with E-state index in [0.29, 0.717) is 33.2 Å². The lowest BCUT2D eigenvalue weighted by Gasteiger charge is -2.19. The second-order valence-electron chi connectivity index (χ2n) is 10.0. The molecule has 4 rings (SSSR count). The zero-order chi connectivity index (χ0) is 28.9. The molecule has 1 heterocycles. The Labute approximate surface area is 225 Å². The Kier molecular flexibility index (Phi) is 7.39. The molecule has 1 aromatic heterocycles. The predicted octanol–water partition coefficient (Wildman–Crippen LogP) is 6.51. The zero-order valence-corrected chi connectivity index (χ0v) is 22.9. The van der Waals surface area contributed by atoms with Gasteiger partial charge in [-0.3, -0.25) is 4.79 Å². The molecule has 4 aromatic rings. The first-order valence-electron chi connectivity index (χ1n) is 12.3. The van der Waals surface area contributed by atoms with Crippen LogP contribution < -0.4 is 5.32 Å². The van der Waals surface area contributed by atoms with E-state index in [0.717, 1.165) is 11.1 Å². The Hall–Kier alpha value is -3.63. The largest absolute Gasteiger partial charge is 0.471 e. The Morgan fingerprint density at radius 2 is 1.54 bits per heavy atom. The van der Waals surface area contributed by atoms with Crippen LogP contribution in [-0.4, -0.2) is 29.6 Å². The SMILES string of the molecule is Cc1ccc(S(=O)(=O)n2cc(C(C)C)c3cc(C(O)c4c(C)cc(NC(=O)C(F)(F)F)cc4C)ccc32)cc1. The molecular weight excluding hydrogens is 529 g/mol. The van der Waals surface area contributed by atoms with E-state index in [9.17, 15) is 31.5 Å². The molecule has 0 bridgehead atoms. The number of rotatable bonds is 6. The molecule has 10 heteroatoms. The van der Waals surface area contributed by atoms with Crippen LogP contribution in [0.4, 0.5) is 18.9 Å². The number of amides is 1. The molecule has 6 nitrogen and oxygen atoms in total. The maximum atomic E-state index is 13.5. The number of nitrogens with one attached hydrogen (secondary N) is 1. The number of aliphatic hydroxyl groups is 1. The molecule has 0 saturated heterocycles. The van der Waals surface area contributed by atoms with Crippen LogP contribution >= 0.6 is 0 Å². The summed E-state index contributed by atoms with van der Waals surface area (Å²) >= 11 is 0. The average molecular weight is 559 g/mol. The lowest BCUT2D eigenvalue weighted by atomic mass is 9.91. The summed E-state index contributed by atoms with van der Waals surface area (Å²) in [6, 6.07) is 14.4. The standard InChI is InChI=1S/C29H29F3N2O4S/c1-16(2)24-15-34(39(37,38)22-9-6-17(3)7-10-22)25-11-8-20(14-23(24)25)27(35)26-18(4)12-21(13-19(26)5)33-28(36)29(30,31)32/h6-16,27,35H,1-5H3,(H,33,36). The van der Waals surface area contributed by atoms with Gasteiger partial charge in [0, 0.05) is 17.3 Å². The molecule has 0 aliphatic heterocycles. The highest BCUT2D eigenvalue weighted by molar-refractivity contribution is 7.90. The number of aliphatic hydroxyl groups excluding tert-OH is 1. The number of nitrogens with zero attached hydrogens (tertiary/aromatic N) is 1. The first-order chi connectivity index (χ1) is 18.1. The maximum absolute atomic E-state index is 13.5. The lowest BCUT2D eigenvalue weighted by Crippen LogP contribution is -2.30. The van der Waals surface area contributed by atoms with Crippen LogP contribution in [0.15, 0.2) is 65.7 Å². The van der Waals surface area contributed by atoms with Crippen molar-refractivity contribution in [1.29, 1.82) is 0 Å². The van der Waals surface area contributed by atoms with Gasteiger partial charge in [-0.05, 0) is 90.9 Å². The second kappa shape index (κ2) is 10.2. The van der Waals surface area contributed by atoms with Gasteiger partial charge in [-0.15, -0.1) is 0 Å². The van der Waals surface area contributed by atoms with E-state index in [4.69, 9.17) is 0 Å². The molecule has 0 fully saturated rings. The minimum absolute atomic E-state index is 0.0191. The van der Waals surface area contributed by atoms with Crippen LogP contribution in [-0.2, 0) is 14.8 Å². The summed E-state index contributed by atoms with van der Waals surface area (Å²) in [5.74, 6) is -2.10. The predicted molar refractivity (Wildman–Crippen MR) is 144 cm³/mol. The van der Waals surface area contributed by atoms with Crippen molar-refractivity contribution in [2.75, 3.05) is 5.32 Å². The van der Waals surface area contributed by atoms with E-state index < -0.39 is 28.2 Å². The molecule has 1 atom stereocenters. The van der Waals surface area contributed by atoms with Crippen LogP contribution in [0, 0.1) is 20.8 Å². The molecule has 2 N–H and O–H groups in total. The highest BCUT2D eigenvalue weighted by Gasteiger charge is 2.38. The van der Waals surface area contributed by atoms with Gasteiger partial charge in [0.05, 0.1) is 10.4 Å². The van der Waals surface area contributed by atoms with E-state index in [-0.39, 0.29) is 16.5 Å². The van der Waals surface area contributed by atoms with Gasteiger partial charge in [0.2, 0.25) is 0 Å². The molecule has 0 radical (unpaired) electrons. The van der Waals surface area contributed by atoms with Gasteiger partial charge in [0.15, 0.2) is 0 Å². The van der Waals surface area contributed by atoms with Crippen molar-refractivity contribution in [1.82, 2.24) is 3.97 Å². The quantitative estimate of drug-likeness (QED) is 0.282. The number of alkyl halides is 3. The summed E-state index contributed by atoms with van der Waals surface area (Å²) in [6.45, 7) is 9.04. The lowest BCUT2D eigenvalue weighted by molar-refractivity contribution is -0.167. The van der Waals surface area contributed by atoms with E-state index >= 15 is 0 Å². The molecule has 0 aliphatic carbocycles. The van der Waals surface area contributed by atoms with Gasteiger partial charge >= 0.3 is 12.1 Å². The highest BCUT2D eigenvalue weighted by Crippen LogP contribution is 2.36. The van der Waals surface area contributed by atoms with E-state index in [1.165, 1.54) is 16.1 Å². The van der Waals surface area contributed by atoms with Crippen molar-refractivity contribution in [2.45, 2.75) is 57.7 Å². The summed E-state index contributed by atoms with van der Waals surface area (Å²) in [7, 11) is -3.88. The molecule has 3 aromatic carbocycles. The third-order valence-electron chi connectivity index (χ3n) is 6.72. The number of carbonyl (C=O) groups excluding carboxylic acids is 1. The fourth-order valence-corrected chi connectivity index (χ4v) is 6.12. The van der Waals surface area contributed by atoms with Crippen molar-refractivity contribution in [3.05, 3.63) is 94.2 Å². The first-order valence-corrected chi connectivity index (χ1v) is 13.7. The Balaban J connectivity index is 1.77. The fraction of sp³-hybridized carbons (Fsp3) is 0.276. The van der Waals surface area contributed by atoms with Crippen molar-refractivity contribution < 1.29 is 31.5 Å². The number of aryl methyl sites for hydroxylation is 3. The van der Waals surface area contributed by atoms with Crippen LogP contribution in [0.5, 0.6) is 0 Å². The van der Waals surface area contributed by atoms with Gasteiger partial charge in [0.25, 0.3) is 10.0 Å². The highest BCUT2D eigenvalue weighted by atomic mass is 32.2. The number of fused-ring (bicyclic) bond motifs is 1. The zero-order valence-electron chi connectivity index (χ0n) is 22.1. The third-order valence-corrected chi connectivity index (χ3v) is 8.41. The topological polar surface area (TPSA) is 88.4 Å². The summed E-state index contributed by atoms with van der Waals surface area (Å²) in [5.41, 5.74) is 4.12. The number of halogens is 3. The van der Waals surface area contributed by atoms with Crippen molar-refractivity contribution in [3.63, 3.8) is 0 Å². The Morgan fingerprint density at radius 3 is 2.08 bits per heavy atom. The number of aromatic nitrogens is 1. The molecule has 206 valence electrons. The Morgan fingerprint density at radius 1 is 0.949 bits per heavy atom. The summed E-state index contributed by atoms with van der Waals surface area (Å²) < 4.78 is 66.3. The van der Waals surface area contributed by atoms with Gasteiger partial charge in [-0.1, -0.05) is 37.6 Å². The molecular formula is C29H29F3N2O4S. The van der Waals surface area contributed by atoms with Gasteiger partial charge in [0.1, 0.15) is 6.10 Å². The monoisotopic (exact) mass is 558 g/mol. The molecule has 0 aliphatic rings. The smallest absolute Gasteiger partial charge is 0.384 e. The van der Waals surface area contributed by atoms with Crippen LogP contribution in [0.1, 0.15) is 59.3 Å². The summed E-state index contributed by atoms with van der Waals surface area (Å²) in [6.07, 6.45) is -4.55. The third kappa shape index (κ3) is 5.44. The second-order valence-corrected chi connectivity index (χ2v) is 11.8. The maximum Gasteiger partial charge on any atom is 0.471 e. The van der Waals surface area contributed by atoms with E-state index in [1.807, 2.05) is 26.1 Å². The number of benzene rings is 3. The van der Waals surface area contributed by atoms with Crippen molar-refractivity contribution >= 4 is 32.5 Å². The summed E-state index contributed by atoms with van der Waals surface area (Å²) in [5, 5.41) is 13.8. The molecule has 1 unspecified atom stereocenters. The fourth-order valence-electron chi connectivity index (χ4n) is 4.74. The van der Waals surface area contributed by atoms with E-state index in [2.05, 4.69) is 0 Å². The van der Waals surface area contributed by atoms with Crippen LogP contribution in [0.2, 0.25) is 0 Å². The minimum atomic E-state index is -5.02. The van der Waals surface area contributed by atoms with Crippen LogP contribution in [0.3, 0.4) is 0 Å².